The summed E-state index contributed by atoms with van der Waals surface area (Å²) in [6.07, 6.45) is -1.22. The Labute approximate surface area is 149 Å². The van der Waals surface area contributed by atoms with Crippen LogP contribution in [0.4, 0.5) is 0 Å². The second-order valence-corrected chi connectivity index (χ2v) is 5.97. The zero-order valence-corrected chi connectivity index (χ0v) is 14.4. The Bertz CT molecular complexity index is 513. The van der Waals surface area contributed by atoms with Crippen LogP contribution in [0.3, 0.4) is 0 Å². The topological polar surface area (TPSA) is 71.0 Å². The van der Waals surface area contributed by atoms with E-state index in [1.807, 2.05) is 60.7 Å². The van der Waals surface area contributed by atoms with E-state index in [4.69, 9.17) is 9.47 Å². The molecule has 5 heteroatoms. The van der Waals surface area contributed by atoms with Crippen molar-refractivity contribution in [1.29, 1.82) is 0 Å². The van der Waals surface area contributed by atoms with E-state index < -0.39 is 12.2 Å². The van der Waals surface area contributed by atoms with Gasteiger partial charge in [0.15, 0.2) is 0 Å². The molecule has 5 nitrogen and oxygen atoms in total. The van der Waals surface area contributed by atoms with Crippen molar-refractivity contribution in [1.82, 2.24) is 5.32 Å². The van der Waals surface area contributed by atoms with Crippen molar-refractivity contribution in [2.75, 3.05) is 26.3 Å². The van der Waals surface area contributed by atoms with E-state index in [9.17, 15) is 10.2 Å². The third-order valence-electron chi connectivity index (χ3n) is 3.60. The van der Waals surface area contributed by atoms with Gasteiger partial charge in [0.05, 0.1) is 38.6 Å². The fraction of sp³-hybridized carbons (Fsp3) is 0.400. The number of hydrogen-bond donors (Lipinski definition) is 3. The first kappa shape index (κ1) is 19.6. The van der Waals surface area contributed by atoms with Gasteiger partial charge >= 0.3 is 0 Å². The van der Waals surface area contributed by atoms with E-state index in [0.29, 0.717) is 26.3 Å². The number of rotatable bonds is 12. The van der Waals surface area contributed by atoms with E-state index in [-0.39, 0.29) is 13.2 Å². The minimum Gasteiger partial charge on any atom is -0.389 e. The lowest BCUT2D eigenvalue weighted by Gasteiger charge is -2.15. The Hall–Kier alpha value is -1.76. The molecular weight excluding hydrogens is 318 g/mol. The fourth-order valence-electron chi connectivity index (χ4n) is 2.31. The number of benzene rings is 2. The van der Waals surface area contributed by atoms with Crippen LogP contribution in [-0.4, -0.2) is 48.7 Å². The Balaban J connectivity index is 1.48. The van der Waals surface area contributed by atoms with Crippen molar-refractivity contribution in [3.05, 3.63) is 71.8 Å². The molecule has 0 spiro atoms. The van der Waals surface area contributed by atoms with Crippen LogP contribution in [0.25, 0.3) is 0 Å². The first-order chi connectivity index (χ1) is 12.2. The molecule has 0 unspecified atom stereocenters. The highest BCUT2D eigenvalue weighted by Crippen LogP contribution is 2.02. The molecule has 0 saturated heterocycles. The molecule has 0 bridgehead atoms. The summed E-state index contributed by atoms with van der Waals surface area (Å²) in [5, 5.41) is 22.8. The number of aliphatic hydroxyl groups excluding tert-OH is 2. The van der Waals surface area contributed by atoms with Gasteiger partial charge in [0.1, 0.15) is 0 Å². The Morgan fingerprint density at radius 1 is 0.680 bits per heavy atom. The average molecular weight is 345 g/mol. The molecular formula is C20H27NO4. The van der Waals surface area contributed by atoms with Crippen molar-refractivity contribution in [3.8, 4) is 0 Å². The van der Waals surface area contributed by atoms with Crippen LogP contribution in [0.15, 0.2) is 60.7 Å². The second-order valence-electron chi connectivity index (χ2n) is 5.97. The molecule has 25 heavy (non-hydrogen) atoms. The van der Waals surface area contributed by atoms with Crippen molar-refractivity contribution in [3.63, 3.8) is 0 Å². The first-order valence-electron chi connectivity index (χ1n) is 8.54. The quantitative estimate of drug-likeness (QED) is 0.546. The van der Waals surface area contributed by atoms with Crippen molar-refractivity contribution >= 4 is 0 Å². The average Bonchev–Trinajstić information content (AvgIpc) is 2.63. The zero-order chi connectivity index (χ0) is 17.7. The summed E-state index contributed by atoms with van der Waals surface area (Å²) in [4.78, 5) is 0. The maximum Gasteiger partial charge on any atom is 0.0897 e. The molecule has 2 rings (SSSR count). The molecule has 0 amide bonds. The number of hydrogen-bond acceptors (Lipinski definition) is 5. The molecule has 0 saturated carbocycles. The van der Waals surface area contributed by atoms with Gasteiger partial charge in [-0.15, -0.1) is 0 Å². The summed E-state index contributed by atoms with van der Waals surface area (Å²) in [6.45, 7) is 2.20. The van der Waals surface area contributed by atoms with Gasteiger partial charge in [-0.1, -0.05) is 60.7 Å². The molecule has 0 aliphatic heterocycles. The van der Waals surface area contributed by atoms with Gasteiger partial charge < -0.3 is 25.0 Å². The Morgan fingerprint density at radius 2 is 1.08 bits per heavy atom. The lowest BCUT2D eigenvalue weighted by Crippen LogP contribution is -2.36. The maximum absolute atomic E-state index is 9.86. The van der Waals surface area contributed by atoms with Gasteiger partial charge in [0, 0.05) is 13.1 Å². The summed E-state index contributed by atoms with van der Waals surface area (Å²) < 4.78 is 11.0. The van der Waals surface area contributed by atoms with Crippen LogP contribution in [-0.2, 0) is 22.7 Å². The summed E-state index contributed by atoms with van der Waals surface area (Å²) >= 11 is 0. The van der Waals surface area contributed by atoms with Crippen molar-refractivity contribution in [2.24, 2.45) is 0 Å². The predicted molar refractivity (Wildman–Crippen MR) is 97.1 cm³/mol. The van der Waals surface area contributed by atoms with Gasteiger partial charge in [0.25, 0.3) is 0 Å². The fourth-order valence-corrected chi connectivity index (χ4v) is 2.31. The molecule has 2 aromatic carbocycles. The van der Waals surface area contributed by atoms with Crippen LogP contribution in [0.1, 0.15) is 11.1 Å². The lowest BCUT2D eigenvalue weighted by molar-refractivity contribution is 0.0164. The van der Waals surface area contributed by atoms with Crippen molar-refractivity contribution in [2.45, 2.75) is 25.4 Å². The number of nitrogens with one attached hydrogen (secondary N) is 1. The zero-order valence-electron chi connectivity index (χ0n) is 14.4. The van der Waals surface area contributed by atoms with Crippen LogP contribution < -0.4 is 5.32 Å². The molecule has 0 aliphatic carbocycles. The minimum atomic E-state index is -0.610. The van der Waals surface area contributed by atoms with Crippen LogP contribution >= 0.6 is 0 Å². The predicted octanol–water partition coefficient (Wildman–Crippen LogP) is 1.73. The molecule has 2 aromatic rings. The molecule has 0 aliphatic rings. The second kappa shape index (κ2) is 11.7. The van der Waals surface area contributed by atoms with Crippen LogP contribution in [0.2, 0.25) is 0 Å². The summed E-state index contributed by atoms with van der Waals surface area (Å²) in [5.74, 6) is 0. The monoisotopic (exact) mass is 345 g/mol. The highest BCUT2D eigenvalue weighted by atomic mass is 16.5. The normalized spacial score (nSPS) is 13.5. The molecule has 136 valence electrons. The van der Waals surface area contributed by atoms with E-state index >= 15 is 0 Å². The summed E-state index contributed by atoms with van der Waals surface area (Å²) in [6, 6.07) is 19.7. The van der Waals surface area contributed by atoms with Crippen LogP contribution in [0.5, 0.6) is 0 Å². The third kappa shape index (κ3) is 8.77. The number of ether oxygens (including phenoxy) is 2. The maximum atomic E-state index is 9.86. The van der Waals surface area contributed by atoms with Crippen molar-refractivity contribution < 1.29 is 19.7 Å². The van der Waals surface area contributed by atoms with E-state index in [0.717, 1.165) is 11.1 Å². The molecule has 3 N–H and O–H groups in total. The number of aliphatic hydroxyl groups is 2. The van der Waals surface area contributed by atoms with E-state index in [1.54, 1.807) is 0 Å². The summed E-state index contributed by atoms with van der Waals surface area (Å²) in [7, 11) is 0. The van der Waals surface area contributed by atoms with Gasteiger partial charge in [0.2, 0.25) is 0 Å². The third-order valence-corrected chi connectivity index (χ3v) is 3.60. The standard InChI is InChI=1S/C20H27NO4/c22-19(15-24-13-17-7-3-1-4-8-17)11-21-12-20(23)16-25-14-18-9-5-2-6-10-18/h1-10,19-23H,11-16H2/t19-,20-/m0/s1. The van der Waals surface area contributed by atoms with Gasteiger partial charge in [-0.05, 0) is 11.1 Å². The van der Waals surface area contributed by atoms with Gasteiger partial charge in [-0.3, -0.25) is 0 Å². The minimum absolute atomic E-state index is 0.252. The highest BCUT2D eigenvalue weighted by molar-refractivity contribution is 5.14. The van der Waals surface area contributed by atoms with Crippen LogP contribution in [0, 0.1) is 0 Å². The van der Waals surface area contributed by atoms with E-state index in [1.165, 1.54) is 0 Å². The van der Waals surface area contributed by atoms with Gasteiger partial charge in [-0.2, -0.15) is 0 Å². The molecule has 0 radical (unpaired) electrons. The Morgan fingerprint density at radius 3 is 1.48 bits per heavy atom. The van der Waals surface area contributed by atoms with Gasteiger partial charge in [-0.25, -0.2) is 0 Å². The Kier molecular flexibility index (Phi) is 9.18. The smallest absolute Gasteiger partial charge is 0.0897 e. The largest absolute Gasteiger partial charge is 0.389 e. The molecule has 0 fully saturated rings. The first-order valence-corrected chi connectivity index (χ1v) is 8.54. The molecule has 2 atom stereocenters. The molecule has 0 heterocycles. The molecule has 0 aromatic heterocycles. The summed E-state index contributed by atoms with van der Waals surface area (Å²) in [5.41, 5.74) is 2.15. The lowest BCUT2D eigenvalue weighted by atomic mass is 10.2. The SMILES string of the molecule is O[C@@H](CNC[C@H](O)COCc1ccccc1)COCc1ccccc1. The van der Waals surface area contributed by atoms with E-state index in [2.05, 4.69) is 5.32 Å². The highest BCUT2D eigenvalue weighted by Gasteiger charge is 2.08.